The van der Waals surface area contributed by atoms with E-state index in [1.165, 1.54) is 17.2 Å². The van der Waals surface area contributed by atoms with Crippen molar-refractivity contribution in [2.45, 2.75) is 44.9 Å². The van der Waals surface area contributed by atoms with Gasteiger partial charge in [-0.25, -0.2) is 8.78 Å². The minimum Gasteiger partial charge on any atom is -0.306 e. The molecular weight excluding hydrogens is 745 g/mol. The van der Waals surface area contributed by atoms with Crippen molar-refractivity contribution in [3.05, 3.63) is 199 Å². The number of anilines is 3. The first-order valence-corrected chi connectivity index (χ1v) is 21.1. The highest BCUT2D eigenvalue weighted by Gasteiger charge is 2.42. The largest absolute Gasteiger partial charge is 0.306 e. The fourth-order valence-electron chi connectivity index (χ4n) is 9.61. The Labute approximate surface area is 348 Å². The summed E-state index contributed by atoms with van der Waals surface area (Å²) in [6, 6.07) is 60.0. The SMILES string of the molecule is CC1(C)CC(C)(C)c2cc3c(cc21)sc1c(N(c2ccc(-c4ccc(-c5ccccc5)c(-c5ccccc5)c4)cc2)c2cccc(-c4ccccc4)c2)c(F)c(F)cc13. The molecule has 0 radical (unpaired) electrons. The highest BCUT2D eigenvalue weighted by atomic mass is 32.1. The van der Waals surface area contributed by atoms with E-state index < -0.39 is 11.6 Å². The molecule has 0 fully saturated rings. The van der Waals surface area contributed by atoms with E-state index in [2.05, 4.69) is 143 Å². The first-order valence-electron chi connectivity index (χ1n) is 20.3. The van der Waals surface area contributed by atoms with Crippen LogP contribution < -0.4 is 4.90 Å². The Balaban J connectivity index is 1.15. The number of hydrogen-bond acceptors (Lipinski definition) is 2. The van der Waals surface area contributed by atoms with E-state index in [4.69, 9.17) is 0 Å². The van der Waals surface area contributed by atoms with E-state index in [-0.39, 0.29) is 16.5 Å². The van der Waals surface area contributed by atoms with Crippen LogP contribution in [0.5, 0.6) is 0 Å². The molecular formula is C55H43F2NS. The highest BCUT2D eigenvalue weighted by molar-refractivity contribution is 7.26. The van der Waals surface area contributed by atoms with Crippen LogP contribution >= 0.6 is 11.3 Å². The van der Waals surface area contributed by atoms with E-state index in [1.54, 1.807) is 11.3 Å². The van der Waals surface area contributed by atoms with Crippen molar-refractivity contribution in [3.8, 4) is 44.5 Å². The predicted molar refractivity (Wildman–Crippen MR) is 246 cm³/mol. The number of thiophene rings is 1. The summed E-state index contributed by atoms with van der Waals surface area (Å²) in [6.07, 6.45) is 1.03. The highest BCUT2D eigenvalue weighted by Crippen LogP contribution is 2.54. The molecule has 1 aromatic heterocycles. The molecule has 0 amide bonds. The summed E-state index contributed by atoms with van der Waals surface area (Å²) in [4.78, 5) is 1.90. The zero-order chi connectivity index (χ0) is 40.5. The second kappa shape index (κ2) is 14.2. The Morgan fingerprint density at radius 2 is 1.00 bits per heavy atom. The van der Waals surface area contributed by atoms with E-state index in [1.807, 2.05) is 59.5 Å². The number of hydrogen-bond donors (Lipinski definition) is 0. The second-order valence-electron chi connectivity index (χ2n) is 17.1. The van der Waals surface area contributed by atoms with Gasteiger partial charge in [-0.1, -0.05) is 155 Å². The van der Waals surface area contributed by atoms with E-state index in [0.717, 1.165) is 82.5 Å². The standard InChI is InChI=1S/C55H43F2NS/c1-54(2)34-55(3,4)48-33-50-45(31-47(48)54)46-32-49(56)51(57)52(53(46)59-50)58(42-22-14-21-39(29-42)35-15-8-5-9-16-35)41-26-23-36(24-27-41)40-25-28-43(37-17-10-6-11-18-37)44(30-40)38-19-12-7-13-20-38/h5-33H,34H2,1-4H3. The minimum absolute atomic E-state index is 0.00207. The Hall–Kier alpha value is -6.36. The molecule has 0 aliphatic heterocycles. The van der Waals surface area contributed by atoms with Crippen LogP contribution in [0, 0.1) is 11.6 Å². The van der Waals surface area contributed by atoms with E-state index >= 15 is 8.78 Å². The zero-order valence-electron chi connectivity index (χ0n) is 33.6. The quantitative estimate of drug-likeness (QED) is 0.155. The van der Waals surface area contributed by atoms with E-state index in [0.29, 0.717) is 0 Å². The van der Waals surface area contributed by atoms with Crippen LogP contribution in [-0.2, 0) is 10.8 Å². The van der Waals surface area contributed by atoms with Crippen molar-refractivity contribution >= 4 is 48.6 Å². The molecule has 9 aromatic rings. The number of rotatable bonds is 7. The molecule has 288 valence electrons. The van der Waals surface area contributed by atoms with Gasteiger partial charge in [-0.05, 0) is 121 Å². The van der Waals surface area contributed by atoms with Crippen molar-refractivity contribution in [1.82, 2.24) is 0 Å². The van der Waals surface area contributed by atoms with Gasteiger partial charge in [-0.3, -0.25) is 0 Å². The molecule has 1 aliphatic carbocycles. The third-order valence-corrected chi connectivity index (χ3v) is 13.4. The Kier molecular flexibility index (Phi) is 8.88. The van der Waals surface area contributed by atoms with Gasteiger partial charge in [0.15, 0.2) is 11.6 Å². The van der Waals surface area contributed by atoms with Gasteiger partial charge in [0.1, 0.15) is 5.69 Å². The first kappa shape index (κ1) is 36.9. The molecule has 8 aromatic carbocycles. The van der Waals surface area contributed by atoms with Crippen molar-refractivity contribution in [3.63, 3.8) is 0 Å². The van der Waals surface area contributed by atoms with Crippen LogP contribution in [0.25, 0.3) is 64.7 Å². The van der Waals surface area contributed by atoms with Crippen molar-refractivity contribution in [1.29, 1.82) is 0 Å². The Morgan fingerprint density at radius 1 is 0.458 bits per heavy atom. The fraction of sp³-hybridized carbons (Fsp3) is 0.127. The molecule has 0 spiro atoms. The van der Waals surface area contributed by atoms with Gasteiger partial charge in [0.05, 0.1) is 4.70 Å². The minimum atomic E-state index is -0.865. The smallest absolute Gasteiger partial charge is 0.184 e. The summed E-state index contributed by atoms with van der Waals surface area (Å²) in [5.41, 5.74) is 13.0. The maximum Gasteiger partial charge on any atom is 0.184 e. The Morgan fingerprint density at radius 3 is 1.66 bits per heavy atom. The van der Waals surface area contributed by atoms with Crippen LogP contribution in [0.15, 0.2) is 176 Å². The summed E-state index contributed by atoms with van der Waals surface area (Å²) < 4.78 is 34.9. The molecule has 0 bridgehead atoms. The van der Waals surface area contributed by atoms with Crippen molar-refractivity contribution < 1.29 is 8.78 Å². The molecule has 1 nitrogen and oxygen atoms in total. The maximum atomic E-state index is 16.9. The van der Waals surface area contributed by atoms with Gasteiger partial charge < -0.3 is 4.90 Å². The monoisotopic (exact) mass is 787 g/mol. The molecule has 10 rings (SSSR count). The Bertz CT molecular complexity index is 3020. The molecule has 59 heavy (non-hydrogen) atoms. The summed E-state index contributed by atoms with van der Waals surface area (Å²) in [6.45, 7) is 9.18. The topological polar surface area (TPSA) is 3.24 Å². The second-order valence-corrected chi connectivity index (χ2v) is 18.2. The van der Waals surface area contributed by atoms with Gasteiger partial charge in [0, 0.05) is 26.8 Å². The average molecular weight is 788 g/mol. The summed E-state index contributed by atoms with van der Waals surface area (Å²) in [5, 5.41) is 1.70. The van der Waals surface area contributed by atoms with Crippen LogP contribution in [0.3, 0.4) is 0 Å². The molecule has 0 saturated carbocycles. The molecule has 0 atom stereocenters. The molecule has 4 heteroatoms. The summed E-state index contributed by atoms with van der Waals surface area (Å²) in [5.74, 6) is -1.73. The first-order chi connectivity index (χ1) is 28.6. The summed E-state index contributed by atoms with van der Waals surface area (Å²) in [7, 11) is 0. The molecule has 0 unspecified atom stereocenters. The van der Waals surface area contributed by atoms with Gasteiger partial charge in [0.2, 0.25) is 0 Å². The molecule has 0 saturated heterocycles. The van der Waals surface area contributed by atoms with Crippen LogP contribution in [0.4, 0.5) is 25.8 Å². The van der Waals surface area contributed by atoms with Crippen LogP contribution in [0.2, 0.25) is 0 Å². The van der Waals surface area contributed by atoms with Gasteiger partial charge in [0.25, 0.3) is 0 Å². The van der Waals surface area contributed by atoms with Gasteiger partial charge in [-0.15, -0.1) is 11.3 Å². The third kappa shape index (κ3) is 6.43. The van der Waals surface area contributed by atoms with Crippen molar-refractivity contribution in [2.24, 2.45) is 0 Å². The fourth-order valence-corrected chi connectivity index (χ4v) is 10.8. The van der Waals surface area contributed by atoms with Crippen LogP contribution in [0.1, 0.15) is 45.2 Å². The predicted octanol–water partition coefficient (Wildman–Crippen LogP) is 16.4. The lowest BCUT2D eigenvalue weighted by Crippen LogP contribution is -2.17. The number of benzene rings is 8. The normalized spacial score (nSPS) is 14.1. The number of fused-ring (bicyclic) bond motifs is 4. The van der Waals surface area contributed by atoms with Crippen LogP contribution in [-0.4, -0.2) is 0 Å². The lowest BCUT2D eigenvalue weighted by Gasteiger charge is -2.27. The lowest BCUT2D eigenvalue weighted by molar-refractivity contribution is 0.403. The number of halogens is 2. The van der Waals surface area contributed by atoms with Crippen molar-refractivity contribution in [2.75, 3.05) is 4.90 Å². The summed E-state index contributed by atoms with van der Waals surface area (Å²) >= 11 is 1.55. The molecule has 1 heterocycles. The number of nitrogens with zero attached hydrogens (tertiary/aromatic N) is 1. The van der Waals surface area contributed by atoms with Gasteiger partial charge >= 0.3 is 0 Å². The molecule has 1 aliphatic rings. The molecule has 0 N–H and O–H groups in total. The zero-order valence-corrected chi connectivity index (χ0v) is 34.4. The maximum absolute atomic E-state index is 16.9. The third-order valence-electron chi connectivity index (χ3n) is 12.2. The van der Waals surface area contributed by atoms with E-state index in [9.17, 15) is 0 Å². The lowest BCUT2D eigenvalue weighted by atomic mass is 9.82. The average Bonchev–Trinajstić information content (AvgIpc) is 3.71. The van der Waals surface area contributed by atoms with Gasteiger partial charge in [-0.2, -0.15) is 0 Å².